The van der Waals surface area contributed by atoms with Gasteiger partial charge in [-0.3, -0.25) is 5.10 Å². The van der Waals surface area contributed by atoms with Crippen molar-refractivity contribution < 1.29 is 46.5 Å². The number of aromatic amines is 1. The molecule has 0 unspecified atom stereocenters. The third-order valence-electron chi connectivity index (χ3n) is 2.81. The van der Waals surface area contributed by atoms with E-state index in [4.69, 9.17) is 0 Å². The molecule has 1 aromatic heterocycles. The average Bonchev–Trinajstić information content (AvgIpc) is 3.00. The summed E-state index contributed by atoms with van der Waals surface area (Å²) in [5, 5.41) is 7.60. The zero-order chi connectivity index (χ0) is 13.0. The Labute approximate surface area is 153 Å². The molecule has 0 radical (unpaired) electrons. The smallest absolute Gasteiger partial charge is 1.00 e. The minimum atomic E-state index is 0. The van der Waals surface area contributed by atoms with E-state index in [-0.39, 0.29) is 46.5 Å². The summed E-state index contributed by atoms with van der Waals surface area (Å²) in [6.45, 7) is 6.67. The first-order valence-corrected chi connectivity index (χ1v) is 6.10. The molecule has 0 bridgehead atoms. The number of hydrogen-bond acceptors (Lipinski definition) is 1. The Morgan fingerprint density at radius 3 is 2.05 bits per heavy atom. The molecule has 5 heteroatoms. The minimum Gasteiger partial charge on any atom is -1.00 e. The molecule has 1 heterocycles. The van der Waals surface area contributed by atoms with Gasteiger partial charge in [0, 0.05) is 0 Å². The van der Waals surface area contributed by atoms with Gasteiger partial charge in [-0.1, -0.05) is 38.3 Å². The van der Waals surface area contributed by atoms with Crippen molar-refractivity contribution in [1.29, 1.82) is 0 Å². The van der Waals surface area contributed by atoms with E-state index in [1.165, 1.54) is 5.56 Å². The van der Waals surface area contributed by atoms with Gasteiger partial charge in [0.1, 0.15) is 0 Å². The van der Waals surface area contributed by atoms with Crippen LogP contribution in [0.2, 0.25) is 0 Å². The molecule has 3 aromatic rings. The molecule has 0 saturated carbocycles. The first-order chi connectivity index (χ1) is 8.57. The molecule has 3 rings (SSSR count). The van der Waals surface area contributed by atoms with Crippen molar-refractivity contribution in [3.8, 4) is 0 Å². The number of nitrogens with zero attached hydrogens (tertiary/aromatic N) is 1. The van der Waals surface area contributed by atoms with Crippen LogP contribution in [0.5, 0.6) is 0 Å². The summed E-state index contributed by atoms with van der Waals surface area (Å²) in [5.41, 5.74) is 2.78. The van der Waals surface area contributed by atoms with Crippen LogP contribution < -0.4 is 24.8 Å². The molecule has 21 heavy (non-hydrogen) atoms. The summed E-state index contributed by atoms with van der Waals surface area (Å²) in [5.74, 6) is 0. The van der Waals surface area contributed by atoms with E-state index in [2.05, 4.69) is 61.4 Å². The number of aromatic nitrogens is 2. The third kappa shape index (κ3) is 6.75. The summed E-state index contributed by atoms with van der Waals surface area (Å²) in [7, 11) is 0. The second-order valence-corrected chi connectivity index (χ2v) is 5.30. The van der Waals surface area contributed by atoms with Crippen molar-refractivity contribution >= 4 is 10.9 Å². The van der Waals surface area contributed by atoms with Crippen molar-refractivity contribution in [3.05, 3.63) is 60.3 Å². The quantitative estimate of drug-likeness (QED) is 0.369. The molecule has 2 nitrogen and oxygen atoms in total. The fraction of sp³-hybridized carbons (Fsp3) is 0.250. The largest absolute Gasteiger partial charge is 4.00 e. The standard InChI is InChI=1S/C9H13.C7H5N2.2ClH.Ti/c1-9(2,3)8-6-4-5-7-8;1-2-4-7-6(3-1)5-8-9-7;;;/h4-7H,1-3H3;1-4H,(H,8,9);2*1H;/q2*-1;;;+4/p-2. The number of para-hydroxylation sites is 1. The van der Waals surface area contributed by atoms with Gasteiger partial charge in [-0.2, -0.15) is 23.8 Å². The second-order valence-electron chi connectivity index (χ2n) is 5.30. The van der Waals surface area contributed by atoms with Gasteiger partial charge in [-0.05, 0) is 11.7 Å². The van der Waals surface area contributed by atoms with E-state index in [0.29, 0.717) is 5.41 Å². The molecule has 0 aliphatic heterocycles. The van der Waals surface area contributed by atoms with Crippen LogP contribution in [0.3, 0.4) is 0 Å². The summed E-state index contributed by atoms with van der Waals surface area (Å²) in [6.07, 6.45) is 2.81. The number of nitrogens with one attached hydrogen (secondary N) is 1. The Hall–Kier alpha value is -0.666. The SMILES string of the molecule is CC(C)(C)[c-]1cccc1.[Cl-].[Cl-].[Ti+4].[c-]1n[nH]c2ccccc12. The van der Waals surface area contributed by atoms with Gasteiger partial charge in [-0.25, -0.2) is 12.1 Å². The molecule has 0 atom stereocenters. The predicted molar refractivity (Wildman–Crippen MR) is 75.7 cm³/mol. The van der Waals surface area contributed by atoms with E-state index in [1.807, 2.05) is 24.3 Å². The van der Waals surface area contributed by atoms with Crippen LogP contribution in [0.25, 0.3) is 10.9 Å². The molecule has 2 aromatic carbocycles. The number of benzene rings is 1. The van der Waals surface area contributed by atoms with E-state index in [0.717, 1.165) is 10.9 Å². The van der Waals surface area contributed by atoms with E-state index < -0.39 is 0 Å². The fourth-order valence-electron chi connectivity index (χ4n) is 1.70. The Balaban J connectivity index is 0. The Kier molecular flexibility index (Phi) is 10.9. The first-order valence-electron chi connectivity index (χ1n) is 6.10. The van der Waals surface area contributed by atoms with Gasteiger partial charge >= 0.3 is 21.7 Å². The fourth-order valence-corrected chi connectivity index (χ4v) is 1.70. The van der Waals surface area contributed by atoms with Gasteiger partial charge < -0.3 is 29.9 Å². The molecule has 0 aliphatic carbocycles. The predicted octanol–water partition coefficient (Wildman–Crippen LogP) is -1.93. The van der Waals surface area contributed by atoms with Crippen molar-refractivity contribution in [2.45, 2.75) is 26.2 Å². The number of rotatable bonds is 0. The Morgan fingerprint density at radius 2 is 1.57 bits per heavy atom. The summed E-state index contributed by atoms with van der Waals surface area (Å²) < 4.78 is 0. The molecular formula is C16H18Cl2N2Ti. The van der Waals surface area contributed by atoms with Gasteiger partial charge in [0.15, 0.2) is 0 Å². The van der Waals surface area contributed by atoms with Crippen LogP contribution in [0.15, 0.2) is 48.5 Å². The number of halogens is 2. The van der Waals surface area contributed by atoms with Gasteiger partial charge in [0.05, 0.1) is 0 Å². The molecule has 110 valence electrons. The van der Waals surface area contributed by atoms with E-state index in [9.17, 15) is 0 Å². The van der Waals surface area contributed by atoms with Crippen LogP contribution >= 0.6 is 0 Å². The third-order valence-corrected chi connectivity index (χ3v) is 2.81. The van der Waals surface area contributed by atoms with Gasteiger partial charge in [0.25, 0.3) is 0 Å². The summed E-state index contributed by atoms with van der Waals surface area (Å²) >= 11 is 0. The summed E-state index contributed by atoms with van der Waals surface area (Å²) in [4.78, 5) is 0. The van der Waals surface area contributed by atoms with Gasteiger partial charge in [-0.15, -0.1) is 11.5 Å². The van der Waals surface area contributed by atoms with Crippen molar-refractivity contribution in [3.63, 3.8) is 0 Å². The summed E-state index contributed by atoms with van der Waals surface area (Å²) in [6, 6.07) is 16.4. The molecule has 0 amide bonds. The maximum Gasteiger partial charge on any atom is 4.00 e. The minimum absolute atomic E-state index is 0. The number of fused-ring (bicyclic) bond motifs is 1. The molecule has 0 spiro atoms. The van der Waals surface area contributed by atoms with Crippen LogP contribution in [-0.2, 0) is 27.1 Å². The average molecular weight is 357 g/mol. The molecule has 0 aliphatic rings. The second kappa shape index (κ2) is 10.1. The molecule has 0 saturated heterocycles. The van der Waals surface area contributed by atoms with Gasteiger partial charge in [0.2, 0.25) is 0 Å². The van der Waals surface area contributed by atoms with Crippen LogP contribution in [-0.4, -0.2) is 10.2 Å². The van der Waals surface area contributed by atoms with Crippen LogP contribution in [0, 0.1) is 6.20 Å². The maximum atomic E-state index is 3.75. The van der Waals surface area contributed by atoms with Crippen LogP contribution in [0.4, 0.5) is 0 Å². The van der Waals surface area contributed by atoms with Crippen molar-refractivity contribution in [2.75, 3.05) is 0 Å². The zero-order valence-corrected chi connectivity index (χ0v) is 15.4. The van der Waals surface area contributed by atoms with E-state index in [1.54, 1.807) is 0 Å². The maximum absolute atomic E-state index is 3.75. The van der Waals surface area contributed by atoms with Crippen molar-refractivity contribution in [1.82, 2.24) is 10.2 Å². The first kappa shape index (κ1) is 22.6. The topological polar surface area (TPSA) is 28.7 Å². The number of H-pyrrole nitrogens is 1. The number of hydrogen-bond donors (Lipinski definition) is 1. The zero-order valence-electron chi connectivity index (χ0n) is 12.3. The Bertz CT molecular complexity index is 568. The normalized spacial score (nSPS) is 9.48. The van der Waals surface area contributed by atoms with E-state index >= 15 is 0 Å². The molecule has 1 N–H and O–H groups in total. The monoisotopic (exact) mass is 356 g/mol. The molecular weight excluding hydrogens is 339 g/mol. The van der Waals surface area contributed by atoms with Crippen LogP contribution in [0.1, 0.15) is 26.3 Å². The Morgan fingerprint density at radius 1 is 1.00 bits per heavy atom. The van der Waals surface area contributed by atoms with Crippen molar-refractivity contribution in [2.24, 2.45) is 0 Å². The molecule has 0 fully saturated rings.